The van der Waals surface area contributed by atoms with Gasteiger partial charge in [-0.2, -0.15) is 0 Å². The lowest BCUT2D eigenvalue weighted by atomic mass is 10.1. The summed E-state index contributed by atoms with van der Waals surface area (Å²) in [5, 5.41) is 2.99. The number of hydrogen-bond donors (Lipinski definition) is 2. The standard InChI is InChI=1S/C27H25N3O2S.ClH/c1-29(2)15-8-16-30(19-9-4-3-5-10-19)27(32)18-13-14-21-23(17-18)33-25-24(21)20-11-6-7-12-22(20)28-26(25)31;/h3-7,9-14,17H,8,15-16H2,1-2H3,(H,28,31);1H. The first-order chi connectivity index (χ1) is 16.0. The fraction of sp³-hybridized carbons (Fsp3) is 0.185. The Morgan fingerprint density at radius 1 is 0.971 bits per heavy atom. The van der Waals surface area contributed by atoms with Gasteiger partial charge in [0.1, 0.15) is 4.70 Å². The van der Waals surface area contributed by atoms with Crippen LogP contribution in [-0.4, -0.2) is 38.1 Å². The van der Waals surface area contributed by atoms with Gasteiger partial charge < -0.3 is 27.2 Å². The van der Waals surface area contributed by atoms with Crippen molar-refractivity contribution in [2.75, 3.05) is 32.1 Å². The molecule has 5 aromatic rings. The lowest BCUT2D eigenvalue weighted by molar-refractivity contribution is -0.858. The first-order valence-electron chi connectivity index (χ1n) is 11.2. The zero-order chi connectivity index (χ0) is 22.9. The van der Waals surface area contributed by atoms with Crippen molar-refractivity contribution in [2.24, 2.45) is 0 Å². The molecule has 3 aromatic carbocycles. The topological polar surface area (TPSA) is 57.6 Å². The van der Waals surface area contributed by atoms with Crippen LogP contribution in [0.2, 0.25) is 0 Å². The second-order valence-corrected chi connectivity index (χ2v) is 9.67. The van der Waals surface area contributed by atoms with E-state index in [1.807, 2.05) is 77.7 Å². The number of H-pyrrole nitrogens is 1. The van der Waals surface area contributed by atoms with E-state index in [2.05, 4.69) is 19.1 Å². The Balaban J connectivity index is 0.00000274. The molecule has 0 aliphatic carbocycles. The molecule has 174 valence electrons. The van der Waals surface area contributed by atoms with Crippen LogP contribution in [-0.2, 0) is 0 Å². The second-order valence-electron chi connectivity index (χ2n) is 8.62. The Morgan fingerprint density at radius 2 is 1.71 bits per heavy atom. The molecule has 5 nitrogen and oxygen atoms in total. The number of para-hydroxylation sites is 2. The summed E-state index contributed by atoms with van der Waals surface area (Å²) in [6, 6.07) is 23.5. The number of aromatic nitrogens is 1. The molecule has 7 heteroatoms. The van der Waals surface area contributed by atoms with Crippen molar-refractivity contribution in [2.45, 2.75) is 6.42 Å². The van der Waals surface area contributed by atoms with Crippen LogP contribution < -0.4 is 27.8 Å². The summed E-state index contributed by atoms with van der Waals surface area (Å²) in [7, 11) is 4.24. The predicted molar refractivity (Wildman–Crippen MR) is 138 cm³/mol. The van der Waals surface area contributed by atoms with E-state index in [0.717, 1.165) is 45.0 Å². The number of quaternary nitrogens is 1. The van der Waals surface area contributed by atoms with E-state index in [4.69, 9.17) is 0 Å². The van der Waals surface area contributed by atoms with Crippen molar-refractivity contribution in [1.29, 1.82) is 0 Å². The highest BCUT2D eigenvalue weighted by molar-refractivity contribution is 7.26. The number of anilines is 1. The molecule has 2 aromatic heterocycles. The van der Waals surface area contributed by atoms with Crippen LogP contribution in [0, 0.1) is 0 Å². The monoisotopic (exact) mass is 491 g/mol. The van der Waals surface area contributed by atoms with Crippen molar-refractivity contribution >= 4 is 54.0 Å². The number of aromatic amines is 1. The van der Waals surface area contributed by atoms with Crippen LogP contribution in [0.4, 0.5) is 5.69 Å². The number of rotatable bonds is 6. The molecule has 0 unspecified atom stereocenters. The number of carbonyl (C=O) groups is 1. The third kappa shape index (κ3) is 4.44. The van der Waals surface area contributed by atoms with Crippen LogP contribution in [0.15, 0.2) is 77.6 Å². The highest BCUT2D eigenvalue weighted by Crippen LogP contribution is 2.36. The van der Waals surface area contributed by atoms with Crippen molar-refractivity contribution in [3.63, 3.8) is 0 Å². The Kier molecular flexibility index (Phi) is 7.03. The lowest BCUT2D eigenvalue weighted by Gasteiger charge is -2.23. The molecule has 0 radical (unpaired) electrons. The van der Waals surface area contributed by atoms with Gasteiger partial charge in [-0.3, -0.25) is 9.59 Å². The lowest BCUT2D eigenvalue weighted by Crippen LogP contribution is -3.05. The molecule has 0 aliphatic rings. The third-order valence-electron chi connectivity index (χ3n) is 5.96. The quantitative estimate of drug-likeness (QED) is 0.373. The van der Waals surface area contributed by atoms with Crippen LogP contribution in [0.1, 0.15) is 16.8 Å². The van der Waals surface area contributed by atoms with Gasteiger partial charge in [-0.25, -0.2) is 0 Å². The number of hydrogen-bond acceptors (Lipinski definition) is 3. The first-order valence-corrected chi connectivity index (χ1v) is 12.0. The Hall–Kier alpha value is -3.19. The number of halogens is 1. The number of pyridine rings is 1. The molecular weight excluding hydrogens is 466 g/mol. The molecule has 0 saturated heterocycles. The van der Waals surface area contributed by atoms with E-state index in [0.29, 0.717) is 16.8 Å². The summed E-state index contributed by atoms with van der Waals surface area (Å²) in [5.74, 6) is -0.0203. The molecule has 0 bridgehead atoms. The molecular formula is C27H26ClN3O2S. The third-order valence-corrected chi connectivity index (χ3v) is 7.11. The summed E-state index contributed by atoms with van der Waals surface area (Å²) in [6.45, 7) is 1.64. The van der Waals surface area contributed by atoms with Crippen LogP contribution >= 0.6 is 11.3 Å². The van der Waals surface area contributed by atoms with Gasteiger partial charge in [0.2, 0.25) is 0 Å². The largest absolute Gasteiger partial charge is 1.00 e. The number of fused-ring (bicyclic) bond motifs is 5. The number of benzene rings is 3. The summed E-state index contributed by atoms with van der Waals surface area (Å²) in [4.78, 5) is 32.5. The number of amides is 1. The maximum Gasteiger partial charge on any atom is 0.266 e. The van der Waals surface area contributed by atoms with Crippen molar-refractivity contribution < 1.29 is 22.1 Å². The molecule has 0 aliphatic heterocycles. The zero-order valence-corrected chi connectivity index (χ0v) is 20.7. The minimum absolute atomic E-state index is 0. The van der Waals surface area contributed by atoms with Crippen molar-refractivity contribution in [3.05, 3.63) is 88.7 Å². The summed E-state index contributed by atoms with van der Waals surface area (Å²) < 4.78 is 1.64. The van der Waals surface area contributed by atoms with E-state index in [9.17, 15) is 9.59 Å². The van der Waals surface area contributed by atoms with Crippen LogP contribution in [0.5, 0.6) is 0 Å². The molecule has 0 spiro atoms. The van der Waals surface area contributed by atoms with E-state index in [1.165, 1.54) is 16.2 Å². The molecule has 0 atom stereocenters. The number of nitrogens with zero attached hydrogens (tertiary/aromatic N) is 1. The molecule has 1 amide bonds. The highest BCUT2D eigenvalue weighted by atomic mass is 35.5. The minimum atomic E-state index is -0.0881. The summed E-state index contributed by atoms with van der Waals surface area (Å²) in [6.07, 6.45) is 0.912. The van der Waals surface area contributed by atoms with E-state index < -0.39 is 0 Å². The molecule has 2 heterocycles. The fourth-order valence-corrected chi connectivity index (χ4v) is 5.50. The van der Waals surface area contributed by atoms with Crippen molar-refractivity contribution in [3.8, 4) is 0 Å². The van der Waals surface area contributed by atoms with Gasteiger partial charge in [0.15, 0.2) is 0 Å². The number of thiophene rings is 1. The van der Waals surface area contributed by atoms with E-state index in [-0.39, 0.29) is 23.9 Å². The van der Waals surface area contributed by atoms with Gasteiger partial charge in [-0.1, -0.05) is 42.5 Å². The summed E-state index contributed by atoms with van der Waals surface area (Å²) in [5.41, 5.74) is 2.27. The maximum absolute atomic E-state index is 13.6. The van der Waals surface area contributed by atoms with E-state index in [1.54, 1.807) is 0 Å². The maximum atomic E-state index is 13.6. The molecule has 0 saturated carbocycles. The SMILES string of the molecule is C[NH+](C)CCCN(C(=O)c1ccc2c(c1)sc1c(=O)[nH]c3ccccc3c12)c1ccccc1.[Cl-]. The Bertz CT molecular complexity index is 1530. The number of nitrogens with one attached hydrogen (secondary N) is 2. The normalized spacial score (nSPS) is 11.3. The molecule has 2 N–H and O–H groups in total. The smallest absolute Gasteiger partial charge is 0.266 e. The average Bonchev–Trinajstić information content (AvgIpc) is 3.22. The first kappa shape index (κ1) is 24.0. The van der Waals surface area contributed by atoms with Crippen LogP contribution in [0.25, 0.3) is 31.1 Å². The van der Waals surface area contributed by atoms with Gasteiger partial charge in [0.25, 0.3) is 11.5 Å². The average molecular weight is 492 g/mol. The fourth-order valence-electron chi connectivity index (χ4n) is 4.35. The van der Waals surface area contributed by atoms with Gasteiger partial charge in [-0.15, -0.1) is 11.3 Å². The van der Waals surface area contributed by atoms with Crippen LogP contribution in [0.3, 0.4) is 0 Å². The van der Waals surface area contributed by atoms with Gasteiger partial charge in [-0.05, 0) is 30.3 Å². The highest BCUT2D eigenvalue weighted by Gasteiger charge is 2.20. The van der Waals surface area contributed by atoms with Gasteiger partial charge >= 0.3 is 0 Å². The van der Waals surface area contributed by atoms with Gasteiger partial charge in [0, 0.05) is 50.6 Å². The molecule has 5 rings (SSSR count). The molecule has 34 heavy (non-hydrogen) atoms. The Morgan fingerprint density at radius 3 is 2.47 bits per heavy atom. The Labute approximate surface area is 208 Å². The second kappa shape index (κ2) is 9.97. The van der Waals surface area contributed by atoms with Crippen molar-refractivity contribution in [1.82, 2.24) is 4.98 Å². The number of carbonyl (C=O) groups excluding carboxylic acids is 1. The minimum Gasteiger partial charge on any atom is -1.00 e. The summed E-state index contributed by atoms with van der Waals surface area (Å²) >= 11 is 1.45. The van der Waals surface area contributed by atoms with Gasteiger partial charge in [0.05, 0.1) is 20.6 Å². The molecule has 0 fully saturated rings. The van der Waals surface area contributed by atoms with E-state index >= 15 is 0 Å². The predicted octanol–water partition coefficient (Wildman–Crippen LogP) is 1.08. The zero-order valence-electron chi connectivity index (χ0n) is 19.1.